The summed E-state index contributed by atoms with van der Waals surface area (Å²) in [6, 6.07) is 15.0. The fraction of sp³-hybridized carbons (Fsp3) is 0.214. The second-order valence-electron chi connectivity index (χ2n) is 8.54. The quantitative estimate of drug-likeness (QED) is 0.273. The molecule has 180 valence electrons. The van der Waals surface area contributed by atoms with Crippen molar-refractivity contribution < 1.29 is 24.2 Å². The van der Waals surface area contributed by atoms with Gasteiger partial charge in [0.1, 0.15) is 17.3 Å². The van der Waals surface area contributed by atoms with Crippen LogP contribution < -0.4 is 14.4 Å². The molecule has 4 rings (SSSR count). The van der Waals surface area contributed by atoms with E-state index in [4.69, 9.17) is 21.1 Å². The second-order valence-corrected chi connectivity index (χ2v) is 8.95. The fourth-order valence-electron chi connectivity index (χ4n) is 4.48. The SMILES string of the molecule is COc1ccc(C2/C(=C(\O)c3cc(C)cc(C)c3OC)C(=O)C(=O)N2c2ccc(C)c(Cl)c2)cc1. The van der Waals surface area contributed by atoms with Crippen LogP contribution in [0.3, 0.4) is 0 Å². The van der Waals surface area contributed by atoms with Gasteiger partial charge in [-0.2, -0.15) is 0 Å². The average molecular weight is 492 g/mol. The number of Topliss-reactive ketones (excluding diaryl/α,β-unsaturated/α-hetero) is 1. The van der Waals surface area contributed by atoms with E-state index in [2.05, 4.69) is 0 Å². The molecule has 1 unspecified atom stereocenters. The van der Waals surface area contributed by atoms with Crippen molar-refractivity contribution in [2.75, 3.05) is 19.1 Å². The van der Waals surface area contributed by atoms with Gasteiger partial charge in [0.25, 0.3) is 11.7 Å². The lowest BCUT2D eigenvalue weighted by molar-refractivity contribution is -0.132. The van der Waals surface area contributed by atoms with Gasteiger partial charge in [-0.05, 0) is 73.4 Å². The zero-order chi connectivity index (χ0) is 25.4. The van der Waals surface area contributed by atoms with E-state index in [9.17, 15) is 14.7 Å². The number of benzene rings is 3. The molecule has 3 aromatic rings. The zero-order valence-corrected chi connectivity index (χ0v) is 20.9. The van der Waals surface area contributed by atoms with E-state index in [1.165, 1.54) is 12.0 Å². The van der Waals surface area contributed by atoms with Gasteiger partial charge in [-0.1, -0.05) is 35.9 Å². The molecular formula is C28H26ClNO5. The molecule has 1 N–H and O–H groups in total. The highest BCUT2D eigenvalue weighted by Crippen LogP contribution is 2.44. The summed E-state index contributed by atoms with van der Waals surface area (Å²) in [5.74, 6) is -0.781. The average Bonchev–Trinajstić information content (AvgIpc) is 3.10. The van der Waals surface area contributed by atoms with Gasteiger partial charge in [-0.15, -0.1) is 0 Å². The van der Waals surface area contributed by atoms with Crippen molar-refractivity contribution in [2.24, 2.45) is 0 Å². The smallest absolute Gasteiger partial charge is 0.300 e. The fourth-order valence-corrected chi connectivity index (χ4v) is 4.65. The maximum absolute atomic E-state index is 13.4. The first-order valence-corrected chi connectivity index (χ1v) is 11.4. The molecule has 0 spiro atoms. The zero-order valence-electron chi connectivity index (χ0n) is 20.2. The predicted octanol–water partition coefficient (Wildman–Crippen LogP) is 5.91. The topological polar surface area (TPSA) is 76.1 Å². The normalized spacial score (nSPS) is 17.1. The maximum atomic E-state index is 13.4. The van der Waals surface area contributed by atoms with E-state index in [1.54, 1.807) is 55.6 Å². The number of nitrogens with zero attached hydrogens (tertiary/aromatic N) is 1. The summed E-state index contributed by atoms with van der Waals surface area (Å²) in [6.07, 6.45) is 0. The third-order valence-corrected chi connectivity index (χ3v) is 6.59. The number of ether oxygens (including phenoxy) is 2. The Kier molecular flexibility index (Phi) is 6.59. The first kappa shape index (κ1) is 24.4. The number of halogens is 1. The van der Waals surface area contributed by atoms with Gasteiger partial charge in [-0.3, -0.25) is 14.5 Å². The van der Waals surface area contributed by atoms with E-state index in [0.717, 1.165) is 16.7 Å². The molecule has 7 heteroatoms. The van der Waals surface area contributed by atoms with Crippen molar-refractivity contribution in [1.29, 1.82) is 0 Å². The van der Waals surface area contributed by atoms with Crippen LogP contribution in [0.4, 0.5) is 5.69 Å². The molecule has 1 fully saturated rings. The molecule has 0 radical (unpaired) electrons. The predicted molar refractivity (Wildman–Crippen MR) is 136 cm³/mol. The Morgan fingerprint density at radius 3 is 2.20 bits per heavy atom. The van der Waals surface area contributed by atoms with Gasteiger partial charge in [0.2, 0.25) is 0 Å². The molecule has 1 amide bonds. The highest BCUT2D eigenvalue weighted by atomic mass is 35.5. The standard InChI is InChI=1S/C28H26ClNO5/c1-15-12-17(3)27(35-5)21(13-15)25(31)23-24(18-7-10-20(34-4)11-8-18)30(28(33)26(23)32)19-9-6-16(2)22(29)14-19/h6-14,24,31H,1-5H3/b25-23+. The molecule has 35 heavy (non-hydrogen) atoms. The van der Waals surface area contributed by atoms with Crippen molar-refractivity contribution in [2.45, 2.75) is 26.8 Å². The first-order chi connectivity index (χ1) is 16.7. The number of aliphatic hydroxyl groups is 1. The number of aliphatic hydroxyl groups excluding tert-OH is 1. The van der Waals surface area contributed by atoms with Crippen molar-refractivity contribution in [3.63, 3.8) is 0 Å². The van der Waals surface area contributed by atoms with Gasteiger partial charge < -0.3 is 14.6 Å². The summed E-state index contributed by atoms with van der Waals surface area (Å²) < 4.78 is 10.8. The van der Waals surface area contributed by atoms with Gasteiger partial charge in [0.05, 0.1) is 31.4 Å². The first-order valence-electron chi connectivity index (χ1n) is 11.0. The van der Waals surface area contributed by atoms with E-state index >= 15 is 0 Å². The Morgan fingerprint density at radius 1 is 0.914 bits per heavy atom. The summed E-state index contributed by atoms with van der Waals surface area (Å²) in [4.78, 5) is 28.2. The van der Waals surface area contributed by atoms with Crippen LogP contribution in [-0.2, 0) is 9.59 Å². The molecule has 1 aliphatic heterocycles. The van der Waals surface area contributed by atoms with Gasteiger partial charge in [-0.25, -0.2) is 0 Å². The van der Waals surface area contributed by atoms with Crippen LogP contribution in [0, 0.1) is 20.8 Å². The third kappa shape index (κ3) is 4.26. The molecule has 1 saturated heterocycles. The van der Waals surface area contributed by atoms with Crippen LogP contribution in [0.2, 0.25) is 5.02 Å². The number of methoxy groups -OCH3 is 2. The minimum Gasteiger partial charge on any atom is -0.507 e. The van der Waals surface area contributed by atoms with Gasteiger partial charge in [0.15, 0.2) is 0 Å². The molecule has 0 bridgehead atoms. The number of ketones is 1. The highest BCUT2D eigenvalue weighted by Gasteiger charge is 2.47. The molecule has 1 heterocycles. The second kappa shape index (κ2) is 9.47. The Bertz CT molecular complexity index is 1360. The van der Waals surface area contributed by atoms with Crippen LogP contribution in [0.1, 0.15) is 33.9 Å². The molecular weight excluding hydrogens is 466 g/mol. The molecule has 1 atom stereocenters. The molecule has 1 aliphatic rings. The minimum atomic E-state index is -0.884. The Hall–Kier alpha value is -3.77. The molecule has 0 aromatic heterocycles. The number of carbonyl (C=O) groups excluding carboxylic acids is 2. The van der Waals surface area contributed by atoms with Crippen molar-refractivity contribution >= 4 is 34.7 Å². The number of anilines is 1. The lowest BCUT2D eigenvalue weighted by Gasteiger charge is -2.26. The molecule has 6 nitrogen and oxygen atoms in total. The van der Waals surface area contributed by atoms with E-state index in [0.29, 0.717) is 33.3 Å². The van der Waals surface area contributed by atoms with Crippen LogP contribution in [0.15, 0.2) is 60.2 Å². The highest BCUT2D eigenvalue weighted by molar-refractivity contribution is 6.52. The van der Waals surface area contributed by atoms with Gasteiger partial charge in [0, 0.05) is 10.7 Å². The van der Waals surface area contributed by atoms with E-state index in [-0.39, 0.29) is 11.3 Å². The van der Waals surface area contributed by atoms with Crippen LogP contribution >= 0.6 is 11.6 Å². The van der Waals surface area contributed by atoms with Crippen molar-refractivity contribution in [3.05, 3.63) is 93.0 Å². The summed E-state index contributed by atoms with van der Waals surface area (Å²) in [7, 11) is 3.06. The lowest BCUT2D eigenvalue weighted by atomic mass is 9.93. The largest absolute Gasteiger partial charge is 0.507 e. The number of hydrogen-bond donors (Lipinski definition) is 1. The van der Waals surface area contributed by atoms with Crippen LogP contribution in [0.5, 0.6) is 11.5 Å². The van der Waals surface area contributed by atoms with E-state index < -0.39 is 17.7 Å². The summed E-state index contributed by atoms with van der Waals surface area (Å²) in [5.41, 5.74) is 3.93. The molecule has 0 saturated carbocycles. The number of amides is 1. The summed E-state index contributed by atoms with van der Waals surface area (Å²) in [5, 5.41) is 12.0. The Labute approximate surface area is 209 Å². The number of rotatable bonds is 5. The monoisotopic (exact) mass is 491 g/mol. The van der Waals surface area contributed by atoms with Crippen LogP contribution in [-0.4, -0.2) is 31.0 Å². The third-order valence-electron chi connectivity index (χ3n) is 6.19. The lowest BCUT2D eigenvalue weighted by Crippen LogP contribution is -2.29. The molecule has 3 aromatic carbocycles. The van der Waals surface area contributed by atoms with Crippen LogP contribution in [0.25, 0.3) is 5.76 Å². The minimum absolute atomic E-state index is 0.0276. The summed E-state index contributed by atoms with van der Waals surface area (Å²) in [6.45, 7) is 5.60. The summed E-state index contributed by atoms with van der Waals surface area (Å²) >= 11 is 6.36. The maximum Gasteiger partial charge on any atom is 0.300 e. The van der Waals surface area contributed by atoms with Gasteiger partial charge >= 0.3 is 0 Å². The molecule has 0 aliphatic carbocycles. The van der Waals surface area contributed by atoms with Crippen molar-refractivity contribution in [1.82, 2.24) is 0 Å². The number of aryl methyl sites for hydroxylation is 3. The van der Waals surface area contributed by atoms with Crippen molar-refractivity contribution in [3.8, 4) is 11.5 Å². The number of carbonyl (C=O) groups is 2. The number of hydrogen-bond acceptors (Lipinski definition) is 5. The van der Waals surface area contributed by atoms with E-state index in [1.807, 2.05) is 26.8 Å². The Morgan fingerprint density at radius 2 is 1.60 bits per heavy atom. The Balaban J connectivity index is 2.00.